The van der Waals surface area contributed by atoms with Crippen LogP contribution in [0, 0.1) is 5.92 Å². The van der Waals surface area contributed by atoms with Crippen molar-refractivity contribution < 1.29 is 4.79 Å². The lowest BCUT2D eigenvalue weighted by atomic mass is 10.0. The number of fused-ring (bicyclic) bond motifs is 1. The van der Waals surface area contributed by atoms with Gasteiger partial charge in [-0.3, -0.25) is 18.8 Å². The van der Waals surface area contributed by atoms with E-state index in [1.807, 2.05) is 30.3 Å². The molecule has 0 radical (unpaired) electrons. The number of hydrogen-bond donors (Lipinski definition) is 1. The van der Waals surface area contributed by atoms with E-state index in [2.05, 4.69) is 15.4 Å². The standard InChI is InChI=1S/C19H21N5O2/c1-23-18-15(11-21-23)19(26)24(12-20-18)10-9-16(25)22-17(14-7-8-14)13-5-3-2-4-6-13/h2-6,11-12,14,17H,7-10H2,1H3,(H,22,25). The predicted molar refractivity (Wildman–Crippen MR) is 97.4 cm³/mol. The van der Waals surface area contributed by atoms with Gasteiger partial charge in [0.05, 0.1) is 18.6 Å². The average Bonchev–Trinajstić information content (AvgIpc) is 3.43. The largest absolute Gasteiger partial charge is 0.349 e. The number of nitrogens with zero attached hydrogens (tertiary/aromatic N) is 4. The monoisotopic (exact) mass is 351 g/mol. The van der Waals surface area contributed by atoms with E-state index < -0.39 is 0 Å². The molecule has 1 amide bonds. The highest BCUT2D eigenvalue weighted by Gasteiger charge is 2.33. The van der Waals surface area contributed by atoms with Crippen molar-refractivity contribution in [2.24, 2.45) is 13.0 Å². The zero-order chi connectivity index (χ0) is 18.1. The predicted octanol–water partition coefficient (Wildman–Crippen LogP) is 1.79. The third-order valence-corrected chi connectivity index (χ3v) is 4.87. The van der Waals surface area contributed by atoms with E-state index in [0.29, 0.717) is 23.5 Å². The summed E-state index contributed by atoms with van der Waals surface area (Å²) in [6.07, 6.45) is 5.51. The van der Waals surface area contributed by atoms with Crippen LogP contribution in [-0.4, -0.2) is 25.2 Å². The summed E-state index contributed by atoms with van der Waals surface area (Å²) in [6.45, 7) is 0.300. The molecule has 1 atom stereocenters. The van der Waals surface area contributed by atoms with E-state index in [9.17, 15) is 9.59 Å². The number of amides is 1. The maximum atomic E-state index is 12.5. The first-order chi connectivity index (χ1) is 12.6. The number of hydrogen-bond acceptors (Lipinski definition) is 4. The minimum Gasteiger partial charge on any atom is -0.349 e. The number of benzene rings is 1. The third-order valence-electron chi connectivity index (χ3n) is 4.87. The van der Waals surface area contributed by atoms with Crippen LogP contribution in [0.2, 0.25) is 0 Å². The third kappa shape index (κ3) is 3.24. The molecule has 0 saturated heterocycles. The highest BCUT2D eigenvalue weighted by molar-refractivity contribution is 5.76. The Bertz CT molecular complexity index is 988. The average molecular weight is 351 g/mol. The summed E-state index contributed by atoms with van der Waals surface area (Å²) in [7, 11) is 1.74. The first kappa shape index (κ1) is 16.5. The van der Waals surface area contributed by atoms with Gasteiger partial charge >= 0.3 is 0 Å². The van der Waals surface area contributed by atoms with Crippen molar-refractivity contribution in [2.75, 3.05) is 0 Å². The first-order valence-electron chi connectivity index (χ1n) is 8.85. The van der Waals surface area contributed by atoms with Crippen LogP contribution in [0.25, 0.3) is 11.0 Å². The topological polar surface area (TPSA) is 81.8 Å². The van der Waals surface area contributed by atoms with Gasteiger partial charge < -0.3 is 5.32 Å². The SMILES string of the molecule is Cn1ncc2c(=O)n(CCC(=O)NC(c3ccccc3)C3CC3)cnc21. The van der Waals surface area contributed by atoms with Crippen molar-refractivity contribution in [3.05, 3.63) is 58.8 Å². The van der Waals surface area contributed by atoms with Gasteiger partial charge in [-0.05, 0) is 24.3 Å². The lowest BCUT2D eigenvalue weighted by Crippen LogP contribution is -2.31. The number of carbonyl (C=O) groups excluding carboxylic acids is 1. The van der Waals surface area contributed by atoms with Gasteiger partial charge in [0.2, 0.25) is 5.91 Å². The fraction of sp³-hybridized carbons (Fsp3) is 0.368. The minimum atomic E-state index is -0.169. The van der Waals surface area contributed by atoms with Crippen LogP contribution in [-0.2, 0) is 18.4 Å². The van der Waals surface area contributed by atoms with Crippen LogP contribution in [0.4, 0.5) is 0 Å². The molecular weight excluding hydrogens is 330 g/mol. The Morgan fingerprint density at radius 3 is 2.81 bits per heavy atom. The molecule has 1 saturated carbocycles. The molecule has 1 aliphatic carbocycles. The van der Waals surface area contributed by atoms with Crippen molar-refractivity contribution in [1.29, 1.82) is 0 Å². The second-order valence-corrected chi connectivity index (χ2v) is 6.79. The molecule has 26 heavy (non-hydrogen) atoms. The molecule has 7 heteroatoms. The number of nitrogens with one attached hydrogen (secondary N) is 1. The summed E-state index contributed by atoms with van der Waals surface area (Å²) in [4.78, 5) is 29.2. The van der Waals surface area contributed by atoms with E-state index in [-0.39, 0.29) is 23.9 Å². The number of rotatable bonds is 6. The molecule has 134 valence electrons. The maximum Gasteiger partial charge on any atom is 0.264 e. The Balaban J connectivity index is 1.44. The molecule has 0 aliphatic heterocycles. The Kier molecular flexibility index (Phi) is 4.28. The van der Waals surface area contributed by atoms with Crippen molar-refractivity contribution in [3.63, 3.8) is 0 Å². The van der Waals surface area contributed by atoms with Crippen molar-refractivity contribution in [1.82, 2.24) is 24.6 Å². The second kappa shape index (κ2) is 6.74. The molecule has 7 nitrogen and oxygen atoms in total. The molecule has 2 heterocycles. The zero-order valence-electron chi connectivity index (χ0n) is 14.6. The number of aryl methyl sites for hydroxylation is 2. The molecule has 1 N–H and O–H groups in total. The molecule has 1 fully saturated rings. The Morgan fingerprint density at radius 2 is 2.08 bits per heavy atom. The molecule has 3 aromatic rings. The van der Waals surface area contributed by atoms with Crippen LogP contribution in [0.15, 0.2) is 47.7 Å². The van der Waals surface area contributed by atoms with Crippen molar-refractivity contribution in [2.45, 2.75) is 31.8 Å². The number of carbonyl (C=O) groups is 1. The summed E-state index contributed by atoms with van der Waals surface area (Å²) >= 11 is 0. The van der Waals surface area contributed by atoms with Gasteiger partial charge in [0.15, 0.2) is 5.65 Å². The highest BCUT2D eigenvalue weighted by Crippen LogP contribution is 2.40. The normalized spacial score (nSPS) is 15.1. The Hall–Kier alpha value is -2.96. The fourth-order valence-corrected chi connectivity index (χ4v) is 3.26. The fourth-order valence-electron chi connectivity index (χ4n) is 3.26. The van der Waals surface area contributed by atoms with E-state index in [1.165, 1.54) is 17.1 Å². The summed E-state index contributed by atoms with van der Waals surface area (Å²) in [5, 5.41) is 7.66. The smallest absolute Gasteiger partial charge is 0.264 e. The second-order valence-electron chi connectivity index (χ2n) is 6.79. The van der Waals surface area contributed by atoms with E-state index in [0.717, 1.165) is 18.4 Å². The summed E-state index contributed by atoms with van der Waals surface area (Å²) < 4.78 is 3.03. The van der Waals surface area contributed by atoms with Gasteiger partial charge in [-0.2, -0.15) is 5.10 Å². The molecular formula is C19H21N5O2. The van der Waals surface area contributed by atoms with Crippen molar-refractivity contribution >= 4 is 16.9 Å². The highest BCUT2D eigenvalue weighted by atomic mass is 16.2. The van der Waals surface area contributed by atoms with Crippen LogP contribution in [0.5, 0.6) is 0 Å². The summed E-state index contributed by atoms with van der Waals surface area (Å²) in [5.41, 5.74) is 1.52. The van der Waals surface area contributed by atoms with E-state index in [4.69, 9.17) is 0 Å². The Labute approximate surface area is 150 Å². The van der Waals surface area contributed by atoms with Gasteiger partial charge in [-0.15, -0.1) is 0 Å². The van der Waals surface area contributed by atoms with E-state index >= 15 is 0 Å². The van der Waals surface area contributed by atoms with Gasteiger partial charge in [-0.1, -0.05) is 30.3 Å². The molecule has 1 aliphatic rings. The molecule has 4 rings (SSSR count). The molecule has 2 aromatic heterocycles. The Morgan fingerprint density at radius 1 is 1.31 bits per heavy atom. The van der Waals surface area contributed by atoms with Crippen LogP contribution in [0.1, 0.15) is 30.9 Å². The number of aromatic nitrogens is 4. The van der Waals surface area contributed by atoms with Crippen LogP contribution in [0.3, 0.4) is 0 Å². The van der Waals surface area contributed by atoms with Gasteiger partial charge in [-0.25, -0.2) is 4.98 Å². The summed E-state index contributed by atoms with van der Waals surface area (Å²) in [5.74, 6) is 0.460. The van der Waals surface area contributed by atoms with Gasteiger partial charge in [0.25, 0.3) is 5.56 Å². The van der Waals surface area contributed by atoms with Gasteiger partial charge in [0, 0.05) is 20.0 Å². The quantitative estimate of drug-likeness (QED) is 0.734. The van der Waals surface area contributed by atoms with Crippen LogP contribution >= 0.6 is 0 Å². The minimum absolute atomic E-state index is 0.0519. The van der Waals surface area contributed by atoms with Crippen LogP contribution < -0.4 is 10.9 Å². The zero-order valence-corrected chi connectivity index (χ0v) is 14.6. The van der Waals surface area contributed by atoms with Crippen molar-refractivity contribution in [3.8, 4) is 0 Å². The lowest BCUT2D eigenvalue weighted by molar-refractivity contribution is -0.122. The molecule has 1 aromatic carbocycles. The summed E-state index contributed by atoms with van der Waals surface area (Å²) in [6, 6.07) is 10.1. The molecule has 0 bridgehead atoms. The van der Waals surface area contributed by atoms with Gasteiger partial charge in [0.1, 0.15) is 5.39 Å². The maximum absolute atomic E-state index is 12.5. The van der Waals surface area contributed by atoms with E-state index in [1.54, 1.807) is 11.7 Å². The first-order valence-corrected chi connectivity index (χ1v) is 8.85. The molecule has 0 spiro atoms. The molecule has 1 unspecified atom stereocenters. The lowest BCUT2D eigenvalue weighted by Gasteiger charge is -2.19.